The minimum atomic E-state index is -1.03. The summed E-state index contributed by atoms with van der Waals surface area (Å²) in [6.45, 7) is -0.217. The predicted octanol–water partition coefficient (Wildman–Crippen LogP) is 2.39. The normalized spacial score (nSPS) is 20.4. The van der Waals surface area contributed by atoms with Gasteiger partial charge in [0.15, 0.2) is 6.61 Å². The summed E-state index contributed by atoms with van der Waals surface area (Å²) in [4.78, 5) is 25.3. The van der Waals surface area contributed by atoms with Gasteiger partial charge >= 0.3 is 5.97 Å². The average molecular weight is 333 g/mol. The van der Waals surface area contributed by atoms with Crippen LogP contribution >= 0.6 is 11.8 Å². The molecule has 0 spiro atoms. The summed E-state index contributed by atoms with van der Waals surface area (Å²) in [7, 11) is 0. The Morgan fingerprint density at radius 2 is 2.04 bits per heavy atom. The van der Waals surface area contributed by atoms with E-state index >= 15 is 0 Å². The monoisotopic (exact) mass is 333 g/mol. The van der Waals surface area contributed by atoms with Gasteiger partial charge in [-0.1, -0.05) is 18.2 Å². The highest BCUT2D eigenvalue weighted by Gasteiger charge is 2.43. The second-order valence-corrected chi connectivity index (χ2v) is 6.07. The number of furan rings is 1. The number of aliphatic carboxylic acids is 1. The van der Waals surface area contributed by atoms with Crippen molar-refractivity contribution in [2.24, 2.45) is 0 Å². The third kappa shape index (κ3) is 3.34. The van der Waals surface area contributed by atoms with Crippen LogP contribution in [-0.2, 0) is 9.59 Å². The summed E-state index contributed by atoms with van der Waals surface area (Å²) < 4.78 is 10.8. The molecule has 0 saturated carbocycles. The maximum absolute atomic E-state index is 12.5. The molecule has 1 aromatic heterocycles. The molecule has 1 aliphatic rings. The fraction of sp³-hybridized carbons (Fsp3) is 0.250. The molecule has 1 fully saturated rings. The summed E-state index contributed by atoms with van der Waals surface area (Å²) in [5, 5.41) is 8.91. The van der Waals surface area contributed by atoms with Crippen LogP contribution in [0.5, 0.6) is 5.75 Å². The SMILES string of the molecule is O=C(O)C1CSC(c2ccco2)N1C(=O)COc1ccccc1. The molecule has 3 rings (SSSR count). The van der Waals surface area contributed by atoms with Crippen LogP contribution in [0.15, 0.2) is 53.1 Å². The van der Waals surface area contributed by atoms with E-state index in [-0.39, 0.29) is 12.5 Å². The molecule has 23 heavy (non-hydrogen) atoms. The van der Waals surface area contributed by atoms with Gasteiger partial charge in [0, 0.05) is 5.75 Å². The van der Waals surface area contributed by atoms with Crippen molar-refractivity contribution in [3.63, 3.8) is 0 Å². The third-order valence-electron chi connectivity index (χ3n) is 3.47. The van der Waals surface area contributed by atoms with Gasteiger partial charge in [-0.25, -0.2) is 4.79 Å². The van der Waals surface area contributed by atoms with Crippen LogP contribution in [0.1, 0.15) is 11.1 Å². The molecule has 120 valence electrons. The lowest BCUT2D eigenvalue weighted by molar-refractivity contribution is -0.150. The van der Waals surface area contributed by atoms with E-state index in [0.717, 1.165) is 0 Å². The zero-order valence-corrected chi connectivity index (χ0v) is 12.9. The quantitative estimate of drug-likeness (QED) is 0.905. The van der Waals surface area contributed by atoms with Gasteiger partial charge in [-0.05, 0) is 24.3 Å². The minimum absolute atomic E-state index is 0.217. The van der Waals surface area contributed by atoms with Crippen LogP contribution in [0.3, 0.4) is 0 Å². The number of carboxylic acid groups (broad SMARTS) is 1. The topological polar surface area (TPSA) is 80.0 Å². The van der Waals surface area contributed by atoms with E-state index in [1.807, 2.05) is 6.07 Å². The summed E-state index contributed by atoms with van der Waals surface area (Å²) >= 11 is 1.37. The first-order chi connectivity index (χ1) is 11.2. The zero-order valence-electron chi connectivity index (χ0n) is 12.1. The number of hydrogen-bond donors (Lipinski definition) is 1. The molecule has 1 amide bonds. The van der Waals surface area contributed by atoms with Crippen LogP contribution in [0, 0.1) is 0 Å². The lowest BCUT2D eigenvalue weighted by Crippen LogP contribution is -2.44. The van der Waals surface area contributed by atoms with Crippen molar-refractivity contribution in [3.8, 4) is 5.75 Å². The Hall–Kier alpha value is -2.41. The van der Waals surface area contributed by atoms with Gasteiger partial charge in [0.2, 0.25) is 0 Å². The lowest BCUT2D eigenvalue weighted by atomic mass is 10.2. The Kier molecular flexibility index (Phi) is 4.57. The Balaban J connectivity index is 1.74. The number of thioether (sulfide) groups is 1. The van der Waals surface area contributed by atoms with Gasteiger partial charge in [0.25, 0.3) is 5.91 Å². The second kappa shape index (κ2) is 6.78. The van der Waals surface area contributed by atoms with E-state index in [4.69, 9.17) is 9.15 Å². The molecule has 2 unspecified atom stereocenters. The first-order valence-corrected chi connectivity index (χ1v) is 8.08. The Morgan fingerprint density at radius 3 is 2.70 bits per heavy atom. The molecular weight excluding hydrogens is 318 g/mol. The molecule has 1 aromatic carbocycles. The lowest BCUT2D eigenvalue weighted by Gasteiger charge is -2.26. The fourth-order valence-electron chi connectivity index (χ4n) is 2.39. The minimum Gasteiger partial charge on any atom is -0.484 e. The third-order valence-corrected chi connectivity index (χ3v) is 4.75. The Morgan fingerprint density at radius 1 is 1.26 bits per heavy atom. The van der Waals surface area contributed by atoms with Crippen LogP contribution in [0.2, 0.25) is 0 Å². The molecule has 0 aliphatic carbocycles. The molecule has 7 heteroatoms. The second-order valence-electron chi connectivity index (χ2n) is 4.96. The van der Waals surface area contributed by atoms with Crippen LogP contribution in [0.25, 0.3) is 0 Å². The summed E-state index contributed by atoms with van der Waals surface area (Å²) in [6.07, 6.45) is 1.51. The number of para-hydroxylation sites is 1. The molecule has 1 N–H and O–H groups in total. The molecule has 0 bridgehead atoms. The molecular formula is C16H15NO5S. The van der Waals surface area contributed by atoms with Crippen LogP contribution in [-0.4, -0.2) is 40.3 Å². The maximum atomic E-state index is 12.5. The molecule has 6 nitrogen and oxygen atoms in total. The Bertz CT molecular complexity index is 673. The predicted molar refractivity (Wildman–Crippen MR) is 84.1 cm³/mol. The van der Waals surface area contributed by atoms with Crippen LogP contribution in [0.4, 0.5) is 0 Å². The standard InChI is InChI=1S/C16H15NO5S/c18-14(9-22-11-5-2-1-3-6-11)17-12(16(19)20)10-23-15(17)13-7-4-8-21-13/h1-8,12,15H,9-10H2,(H,19,20). The molecule has 2 aromatic rings. The summed E-state index contributed by atoms with van der Waals surface area (Å²) in [5.74, 6) is 0.0332. The van der Waals surface area contributed by atoms with E-state index in [1.54, 1.807) is 36.4 Å². The van der Waals surface area contributed by atoms with Gasteiger partial charge in [-0.15, -0.1) is 11.8 Å². The number of rotatable bonds is 5. The number of ether oxygens (including phenoxy) is 1. The number of benzene rings is 1. The van der Waals surface area contributed by atoms with E-state index in [1.165, 1.54) is 22.9 Å². The van der Waals surface area contributed by atoms with Crippen molar-refractivity contribution in [1.82, 2.24) is 4.90 Å². The van der Waals surface area contributed by atoms with Crippen LogP contribution < -0.4 is 4.74 Å². The number of amides is 1. The maximum Gasteiger partial charge on any atom is 0.327 e. The van der Waals surface area contributed by atoms with Crippen molar-refractivity contribution in [3.05, 3.63) is 54.5 Å². The van der Waals surface area contributed by atoms with Crippen molar-refractivity contribution in [2.45, 2.75) is 11.4 Å². The van der Waals surface area contributed by atoms with E-state index in [9.17, 15) is 14.7 Å². The zero-order chi connectivity index (χ0) is 16.2. The molecule has 1 aliphatic heterocycles. The average Bonchev–Trinajstić information content (AvgIpc) is 3.22. The van der Waals surface area contributed by atoms with Gasteiger partial charge in [0.05, 0.1) is 6.26 Å². The van der Waals surface area contributed by atoms with Crippen molar-refractivity contribution in [2.75, 3.05) is 12.4 Å². The summed E-state index contributed by atoms with van der Waals surface area (Å²) in [6, 6.07) is 11.5. The van der Waals surface area contributed by atoms with Gasteiger partial charge in [-0.2, -0.15) is 0 Å². The number of hydrogen-bond acceptors (Lipinski definition) is 5. The van der Waals surface area contributed by atoms with E-state index < -0.39 is 17.4 Å². The van der Waals surface area contributed by atoms with Gasteiger partial charge < -0.3 is 19.2 Å². The van der Waals surface area contributed by atoms with E-state index in [2.05, 4.69) is 0 Å². The highest BCUT2D eigenvalue weighted by Crippen LogP contribution is 2.41. The first kappa shape index (κ1) is 15.5. The van der Waals surface area contributed by atoms with Gasteiger partial charge in [-0.3, -0.25) is 4.79 Å². The number of carbonyl (C=O) groups excluding carboxylic acids is 1. The highest BCUT2D eigenvalue weighted by atomic mass is 32.2. The number of carbonyl (C=O) groups is 2. The highest BCUT2D eigenvalue weighted by molar-refractivity contribution is 7.99. The Labute approximate surface area is 137 Å². The van der Waals surface area contributed by atoms with E-state index in [0.29, 0.717) is 17.3 Å². The summed E-state index contributed by atoms with van der Waals surface area (Å²) in [5.41, 5.74) is 0. The largest absolute Gasteiger partial charge is 0.484 e. The van der Waals surface area contributed by atoms with Crippen molar-refractivity contribution >= 4 is 23.6 Å². The van der Waals surface area contributed by atoms with Gasteiger partial charge in [0.1, 0.15) is 22.9 Å². The smallest absolute Gasteiger partial charge is 0.327 e. The molecule has 1 saturated heterocycles. The first-order valence-electron chi connectivity index (χ1n) is 7.03. The molecule has 0 radical (unpaired) electrons. The van der Waals surface area contributed by atoms with Crippen molar-refractivity contribution in [1.29, 1.82) is 0 Å². The molecule has 2 heterocycles. The fourth-order valence-corrected chi connectivity index (χ4v) is 3.78. The molecule has 2 atom stereocenters. The van der Waals surface area contributed by atoms with Crippen molar-refractivity contribution < 1.29 is 23.8 Å². The number of carboxylic acids is 1. The number of nitrogens with zero attached hydrogens (tertiary/aromatic N) is 1.